The molecule has 0 aromatic carbocycles. The number of nitrogens with zero attached hydrogens (tertiary/aromatic N) is 1. The van der Waals surface area contributed by atoms with E-state index in [1.54, 1.807) is 0 Å². The van der Waals surface area contributed by atoms with Crippen molar-refractivity contribution in [2.75, 3.05) is 0 Å². The fraction of sp³-hybridized carbons (Fsp3) is 0.444. The molecule has 0 amide bonds. The van der Waals surface area contributed by atoms with Crippen molar-refractivity contribution in [3.63, 3.8) is 0 Å². The van der Waals surface area contributed by atoms with Gasteiger partial charge in [0.25, 0.3) is 6.43 Å². The minimum Gasteiger partial charge on any atom is -0.326 e. The van der Waals surface area contributed by atoms with Gasteiger partial charge in [-0.2, -0.15) is 13.2 Å². The summed E-state index contributed by atoms with van der Waals surface area (Å²) >= 11 is 0. The maximum Gasteiger partial charge on any atom is 0.418 e. The van der Waals surface area contributed by atoms with Gasteiger partial charge in [-0.15, -0.1) is 0 Å². The molecule has 0 atom stereocenters. The van der Waals surface area contributed by atoms with Gasteiger partial charge >= 0.3 is 6.18 Å². The zero-order valence-electron chi connectivity index (χ0n) is 8.28. The Hall–Kier alpha value is -1.24. The molecule has 0 saturated heterocycles. The Balaban J connectivity index is 3.41. The number of nitrogens with two attached hydrogens (primary N) is 1. The Labute approximate surface area is 88.3 Å². The molecule has 0 aliphatic rings. The number of rotatable bonds is 2. The lowest BCUT2D eigenvalue weighted by Gasteiger charge is -2.15. The molecule has 1 rings (SSSR count). The van der Waals surface area contributed by atoms with Gasteiger partial charge in [0.05, 0.1) is 5.56 Å². The second-order valence-electron chi connectivity index (χ2n) is 3.16. The molecule has 0 spiro atoms. The minimum atomic E-state index is -4.61. The maximum atomic E-state index is 12.4. The Morgan fingerprint density at radius 1 is 1.38 bits per heavy atom. The molecule has 16 heavy (non-hydrogen) atoms. The largest absolute Gasteiger partial charge is 0.418 e. The lowest BCUT2D eigenvalue weighted by atomic mass is 10.0. The van der Waals surface area contributed by atoms with Gasteiger partial charge in [-0.3, -0.25) is 4.98 Å². The number of halogens is 5. The second kappa shape index (κ2) is 4.32. The second-order valence-corrected chi connectivity index (χ2v) is 3.16. The molecule has 0 aliphatic carbocycles. The first kappa shape index (κ1) is 12.8. The SMILES string of the molecule is Cc1c(C(F)(F)F)cnc(C(F)F)c1CN. The highest BCUT2D eigenvalue weighted by Gasteiger charge is 2.34. The zero-order chi connectivity index (χ0) is 12.5. The maximum absolute atomic E-state index is 12.4. The van der Waals surface area contributed by atoms with E-state index in [9.17, 15) is 22.0 Å². The summed E-state index contributed by atoms with van der Waals surface area (Å²) in [5, 5.41) is 0. The van der Waals surface area contributed by atoms with Crippen molar-refractivity contribution < 1.29 is 22.0 Å². The third-order valence-corrected chi connectivity index (χ3v) is 2.21. The van der Waals surface area contributed by atoms with Crippen molar-refractivity contribution in [3.8, 4) is 0 Å². The highest BCUT2D eigenvalue weighted by molar-refractivity contribution is 5.37. The van der Waals surface area contributed by atoms with Crippen LogP contribution < -0.4 is 5.73 Å². The van der Waals surface area contributed by atoms with E-state index in [-0.39, 0.29) is 11.1 Å². The summed E-state index contributed by atoms with van der Waals surface area (Å²) in [6.07, 6.45) is -7.13. The van der Waals surface area contributed by atoms with Crippen LogP contribution in [0, 0.1) is 6.92 Å². The zero-order valence-corrected chi connectivity index (χ0v) is 8.28. The van der Waals surface area contributed by atoms with Gasteiger partial charge in [0.15, 0.2) is 0 Å². The Morgan fingerprint density at radius 3 is 2.31 bits per heavy atom. The van der Waals surface area contributed by atoms with E-state index in [1.807, 2.05) is 0 Å². The summed E-state index contributed by atoms with van der Waals surface area (Å²) in [7, 11) is 0. The summed E-state index contributed by atoms with van der Waals surface area (Å²) in [5.41, 5.74) is 2.91. The molecule has 2 nitrogen and oxygen atoms in total. The van der Waals surface area contributed by atoms with E-state index < -0.39 is 30.4 Å². The van der Waals surface area contributed by atoms with Crippen LogP contribution in [-0.4, -0.2) is 4.98 Å². The van der Waals surface area contributed by atoms with Crippen LogP contribution in [0.4, 0.5) is 22.0 Å². The molecule has 0 radical (unpaired) electrons. The minimum absolute atomic E-state index is 0.246. The number of alkyl halides is 5. The van der Waals surface area contributed by atoms with Gasteiger partial charge in [-0.05, 0) is 18.1 Å². The highest BCUT2D eigenvalue weighted by Crippen LogP contribution is 2.34. The molecule has 0 fully saturated rings. The quantitative estimate of drug-likeness (QED) is 0.807. The number of aromatic nitrogens is 1. The molecular formula is C9H9F5N2. The molecule has 1 heterocycles. The van der Waals surface area contributed by atoms with Crippen molar-refractivity contribution in [2.45, 2.75) is 26.1 Å². The predicted molar refractivity (Wildman–Crippen MR) is 46.8 cm³/mol. The van der Waals surface area contributed by atoms with Crippen LogP contribution in [0.3, 0.4) is 0 Å². The van der Waals surface area contributed by atoms with Gasteiger partial charge in [-0.1, -0.05) is 0 Å². The van der Waals surface area contributed by atoms with Gasteiger partial charge in [0.1, 0.15) is 5.69 Å². The Morgan fingerprint density at radius 2 is 1.94 bits per heavy atom. The predicted octanol–water partition coefficient (Wildman–Crippen LogP) is 2.81. The lowest BCUT2D eigenvalue weighted by molar-refractivity contribution is -0.138. The topological polar surface area (TPSA) is 38.9 Å². The van der Waals surface area contributed by atoms with E-state index in [2.05, 4.69) is 4.98 Å². The summed E-state index contributed by atoms with van der Waals surface area (Å²) in [4.78, 5) is 3.13. The lowest BCUT2D eigenvalue weighted by Crippen LogP contribution is -2.15. The fourth-order valence-electron chi connectivity index (χ4n) is 1.40. The summed E-state index contributed by atoms with van der Waals surface area (Å²) in [6, 6.07) is 0. The smallest absolute Gasteiger partial charge is 0.326 e. The van der Waals surface area contributed by atoms with E-state index in [0.717, 1.165) is 6.92 Å². The third kappa shape index (κ3) is 2.29. The van der Waals surface area contributed by atoms with Crippen LogP contribution in [0.1, 0.15) is 28.8 Å². The van der Waals surface area contributed by atoms with Crippen LogP contribution in [0.5, 0.6) is 0 Å². The first-order chi connectivity index (χ1) is 7.29. The van der Waals surface area contributed by atoms with E-state index in [4.69, 9.17) is 5.73 Å². The third-order valence-electron chi connectivity index (χ3n) is 2.21. The van der Waals surface area contributed by atoms with Crippen molar-refractivity contribution in [1.29, 1.82) is 0 Å². The van der Waals surface area contributed by atoms with E-state index in [0.29, 0.717) is 6.20 Å². The van der Waals surface area contributed by atoms with Gasteiger partial charge in [-0.25, -0.2) is 8.78 Å². The Bertz CT molecular complexity index is 386. The number of hydrogen-bond donors (Lipinski definition) is 1. The molecule has 7 heteroatoms. The first-order valence-electron chi connectivity index (χ1n) is 4.32. The van der Waals surface area contributed by atoms with E-state index in [1.165, 1.54) is 0 Å². The van der Waals surface area contributed by atoms with Crippen LogP contribution in [0.2, 0.25) is 0 Å². The summed E-state index contributed by atoms with van der Waals surface area (Å²) in [6.45, 7) is 0.709. The van der Waals surface area contributed by atoms with Gasteiger partial charge in [0.2, 0.25) is 0 Å². The standard InChI is InChI=1S/C9H9F5N2/c1-4-5(2-15)7(8(10)11)16-3-6(4)9(12,13)14/h3,8H,2,15H2,1H3. The number of pyridine rings is 1. The highest BCUT2D eigenvalue weighted by atomic mass is 19.4. The van der Waals surface area contributed by atoms with Crippen LogP contribution >= 0.6 is 0 Å². The molecule has 1 aromatic heterocycles. The summed E-state index contributed by atoms with van der Waals surface area (Å²) < 4.78 is 62.1. The average Bonchev–Trinajstić information content (AvgIpc) is 2.14. The molecule has 90 valence electrons. The molecule has 0 bridgehead atoms. The molecule has 0 saturated carbocycles. The van der Waals surface area contributed by atoms with Crippen molar-refractivity contribution in [1.82, 2.24) is 4.98 Å². The van der Waals surface area contributed by atoms with Crippen LogP contribution in [-0.2, 0) is 12.7 Å². The number of hydrogen-bond acceptors (Lipinski definition) is 2. The Kier molecular flexibility index (Phi) is 3.47. The molecular weight excluding hydrogens is 231 g/mol. The average molecular weight is 240 g/mol. The fourth-order valence-corrected chi connectivity index (χ4v) is 1.40. The van der Waals surface area contributed by atoms with Crippen molar-refractivity contribution in [3.05, 3.63) is 28.6 Å². The van der Waals surface area contributed by atoms with E-state index >= 15 is 0 Å². The van der Waals surface area contributed by atoms with Crippen molar-refractivity contribution >= 4 is 0 Å². The van der Waals surface area contributed by atoms with Gasteiger partial charge < -0.3 is 5.73 Å². The van der Waals surface area contributed by atoms with Crippen LogP contribution in [0.25, 0.3) is 0 Å². The van der Waals surface area contributed by atoms with Crippen molar-refractivity contribution in [2.24, 2.45) is 5.73 Å². The molecule has 2 N–H and O–H groups in total. The molecule has 1 aromatic rings. The monoisotopic (exact) mass is 240 g/mol. The molecule has 0 aliphatic heterocycles. The van der Waals surface area contributed by atoms with Gasteiger partial charge in [0, 0.05) is 12.7 Å². The molecule has 0 unspecified atom stereocenters. The van der Waals surface area contributed by atoms with Crippen LogP contribution in [0.15, 0.2) is 6.20 Å². The first-order valence-corrected chi connectivity index (χ1v) is 4.32. The normalized spacial score (nSPS) is 12.2. The summed E-state index contributed by atoms with van der Waals surface area (Å²) in [5.74, 6) is 0.